The molecule has 2 N–H and O–H groups in total. The number of benzene rings is 2. The number of hydrogen-bond acceptors (Lipinski definition) is 6. The molecule has 184 valence electrons. The second kappa shape index (κ2) is 10.6. The number of carbonyl (C=O) groups excluding carboxylic acids is 3. The van der Waals surface area contributed by atoms with E-state index in [1.54, 1.807) is 6.92 Å². The van der Waals surface area contributed by atoms with Crippen molar-refractivity contribution < 1.29 is 33.8 Å². The molecule has 0 radical (unpaired) electrons. The second-order valence-electron chi connectivity index (χ2n) is 8.56. The van der Waals surface area contributed by atoms with Gasteiger partial charge in [-0.1, -0.05) is 48.5 Å². The fourth-order valence-corrected chi connectivity index (χ4v) is 4.87. The predicted molar refractivity (Wildman–Crippen MR) is 126 cm³/mol. The van der Waals surface area contributed by atoms with Gasteiger partial charge in [0.25, 0.3) is 0 Å². The highest BCUT2D eigenvalue weighted by atomic mass is 16.5. The number of carboxylic acid groups (broad SMARTS) is 1. The summed E-state index contributed by atoms with van der Waals surface area (Å²) in [5.74, 6) is -2.60. The molecule has 2 aliphatic rings. The number of alkyl carbamates (subject to hydrolysis) is 1. The monoisotopic (exact) mass is 480 g/mol. The lowest BCUT2D eigenvalue weighted by Gasteiger charge is -2.27. The second-order valence-corrected chi connectivity index (χ2v) is 8.56. The zero-order chi connectivity index (χ0) is 24.9. The molecule has 2 amide bonds. The smallest absolute Gasteiger partial charge is 0.407 e. The van der Waals surface area contributed by atoms with Gasteiger partial charge in [0.1, 0.15) is 18.7 Å². The molecule has 1 aliphatic heterocycles. The Kier molecular flexibility index (Phi) is 7.33. The molecule has 2 unspecified atom stereocenters. The first-order valence-electron chi connectivity index (χ1n) is 11.7. The van der Waals surface area contributed by atoms with Gasteiger partial charge in [-0.2, -0.15) is 0 Å². The van der Waals surface area contributed by atoms with Gasteiger partial charge in [-0.05, 0) is 42.0 Å². The number of fused-ring (bicyclic) bond motifs is 3. The van der Waals surface area contributed by atoms with E-state index in [0.717, 1.165) is 22.3 Å². The third-order valence-corrected chi connectivity index (χ3v) is 6.41. The number of nitrogens with one attached hydrogen (secondary N) is 1. The van der Waals surface area contributed by atoms with Crippen molar-refractivity contribution >= 4 is 23.9 Å². The number of carbonyl (C=O) groups is 4. The number of carboxylic acids is 1. The van der Waals surface area contributed by atoms with Gasteiger partial charge in [-0.3, -0.25) is 9.59 Å². The van der Waals surface area contributed by atoms with Crippen molar-refractivity contribution in [2.45, 2.75) is 44.2 Å². The lowest BCUT2D eigenvalue weighted by atomic mass is 9.98. The minimum atomic E-state index is -1.36. The zero-order valence-corrected chi connectivity index (χ0v) is 19.4. The molecule has 2 atom stereocenters. The molecule has 4 rings (SSSR count). The summed E-state index contributed by atoms with van der Waals surface area (Å²) in [6, 6.07) is 13.6. The van der Waals surface area contributed by atoms with Gasteiger partial charge in [0.2, 0.25) is 5.91 Å². The number of esters is 1. The van der Waals surface area contributed by atoms with E-state index in [2.05, 4.69) is 5.32 Å². The molecule has 2 aromatic carbocycles. The standard InChI is InChI=1S/C26H28N2O7/c1-2-34-25(32)22-12-7-13-28(22)24(31)21(14-23(29)30)27-26(33)35-15-20-18-10-5-3-8-16(18)17-9-4-6-11-19(17)20/h3-6,8-11,20-22H,2,7,12-15H2,1H3,(H,27,33)(H,29,30). The van der Waals surface area contributed by atoms with E-state index in [9.17, 15) is 24.3 Å². The maximum atomic E-state index is 13.1. The van der Waals surface area contributed by atoms with Gasteiger partial charge in [0.15, 0.2) is 0 Å². The lowest BCUT2D eigenvalue weighted by molar-refractivity contribution is -0.154. The SMILES string of the molecule is CCOC(=O)C1CCCN1C(=O)C(CC(=O)O)NC(=O)OCC1c2ccccc2-c2ccccc21. The van der Waals surface area contributed by atoms with Gasteiger partial charge < -0.3 is 24.8 Å². The molecule has 1 heterocycles. The van der Waals surface area contributed by atoms with Crippen molar-refractivity contribution in [3.63, 3.8) is 0 Å². The highest BCUT2D eigenvalue weighted by Crippen LogP contribution is 2.44. The number of ether oxygens (including phenoxy) is 2. The average molecular weight is 481 g/mol. The Labute approximate surface area is 203 Å². The predicted octanol–water partition coefficient (Wildman–Crippen LogP) is 2.92. The Morgan fingerprint density at radius 3 is 2.26 bits per heavy atom. The molecular weight excluding hydrogens is 452 g/mol. The molecule has 0 saturated carbocycles. The van der Waals surface area contributed by atoms with E-state index in [-0.39, 0.29) is 25.7 Å². The Morgan fingerprint density at radius 2 is 1.66 bits per heavy atom. The summed E-state index contributed by atoms with van der Waals surface area (Å²) >= 11 is 0. The number of likely N-dealkylation sites (tertiary alicyclic amines) is 1. The molecule has 0 aromatic heterocycles. The third kappa shape index (κ3) is 5.13. The number of hydrogen-bond donors (Lipinski definition) is 2. The largest absolute Gasteiger partial charge is 0.481 e. The zero-order valence-electron chi connectivity index (χ0n) is 19.4. The van der Waals surface area contributed by atoms with Crippen LogP contribution in [0.15, 0.2) is 48.5 Å². The van der Waals surface area contributed by atoms with Crippen LogP contribution in [0.5, 0.6) is 0 Å². The fraction of sp³-hybridized carbons (Fsp3) is 0.385. The van der Waals surface area contributed by atoms with Crippen LogP contribution in [0.2, 0.25) is 0 Å². The van der Waals surface area contributed by atoms with Gasteiger partial charge in [-0.15, -0.1) is 0 Å². The maximum Gasteiger partial charge on any atom is 0.407 e. The molecular formula is C26H28N2O7. The first-order valence-corrected chi connectivity index (χ1v) is 11.7. The summed E-state index contributed by atoms with van der Waals surface area (Å²) in [6.07, 6.45) is -0.511. The van der Waals surface area contributed by atoms with Gasteiger partial charge >= 0.3 is 18.0 Å². The summed E-state index contributed by atoms with van der Waals surface area (Å²) in [6.45, 7) is 2.16. The van der Waals surface area contributed by atoms with Gasteiger partial charge in [-0.25, -0.2) is 9.59 Å². The van der Waals surface area contributed by atoms with E-state index in [1.165, 1.54) is 4.90 Å². The first kappa shape index (κ1) is 24.3. The van der Waals surface area contributed by atoms with E-state index >= 15 is 0 Å². The highest BCUT2D eigenvalue weighted by molar-refractivity contribution is 5.92. The molecule has 2 aromatic rings. The molecule has 35 heavy (non-hydrogen) atoms. The molecule has 0 spiro atoms. The molecule has 1 aliphatic carbocycles. The van der Waals surface area contributed by atoms with Crippen molar-refractivity contribution in [2.75, 3.05) is 19.8 Å². The summed E-state index contributed by atoms with van der Waals surface area (Å²) < 4.78 is 10.5. The molecule has 1 fully saturated rings. The summed E-state index contributed by atoms with van der Waals surface area (Å²) in [5, 5.41) is 11.7. The molecule has 9 heteroatoms. The topological polar surface area (TPSA) is 122 Å². The Bertz CT molecular complexity index is 1090. The van der Waals surface area contributed by atoms with Crippen LogP contribution in [0.4, 0.5) is 4.79 Å². The Balaban J connectivity index is 1.44. The first-order chi connectivity index (χ1) is 16.9. The van der Waals surface area contributed by atoms with E-state index in [0.29, 0.717) is 12.8 Å². The van der Waals surface area contributed by atoms with E-state index in [1.807, 2.05) is 48.5 Å². The van der Waals surface area contributed by atoms with Crippen molar-refractivity contribution in [1.82, 2.24) is 10.2 Å². The number of amides is 2. The summed E-state index contributed by atoms with van der Waals surface area (Å²) in [5.41, 5.74) is 4.23. The van der Waals surface area contributed by atoms with Crippen LogP contribution in [-0.4, -0.2) is 65.8 Å². The Hall–Kier alpha value is -3.88. The Morgan fingerprint density at radius 1 is 1.03 bits per heavy atom. The minimum Gasteiger partial charge on any atom is -0.481 e. The third-order valence-electron chi connectivity index (χ3n) is 6.41. The summed E-state index contributed by atoms with van der Waals surface area (Å²) in [7, 11) is 0. The van der Waals surface area contributed by atoms with Crippen LogP contribution < -0.4 is 5.32 Å². The van der Waals surface area contributed by atoms with E-state index in [4.69, 9.17) is 9.47 Å². The van der Waals surface area contributed by atoms with Gasteiger partial charge in [0.05, 0.1) is 13.0 Å². The highest BCUT2D eigenvalue weighted by Gasteiger charge is 2.39. The van der Waals surface area contributed by atoms with Crippen molar-refractivity contribution in [1.29, 1.82) is 0 Å². The normalized spacial score (nSPS) is 17.3. The van der Waals surface area contributed by atoms with Crippen LogP contribution in [0.25, 0.3) is 11.1 Å². The van der Waals surface area contributed by atoms with Crippen LogP contribution in [0.1, 0.15) is 43.2 Å². The van der Waals surface area contributed by atoms with Crippen LogP contribution in [0.3, 0.4) is 0 Å². The quantitative estimate of drug-likeness (QED) is 0.557. The number of aliphatic carboxylic acids is 1. The molecule has 1 saturated heterocycles. The minimum absolute atomic E-state index is 0.0308. The molecule has 9 nitrogen and oxygen atoms in total. The van der Waals surface area contributed by atoms with Crippen molar-refractivity contribution in [2.24, 2.45) is 0 Å². The summed E-state index contributed by atoms with van der Waals surface area (Å²) in [4.78, 5) is 50.7. The van der Waals surface area contributed by atoms with Crippen molar-refractivity contribution in [3.8, 4) is 11.1 Å². The van der Waals surface area contributed by atoms with Crippen molar-refractivity contribution in [3.05, 3.63) is 59.7 Å². The average Bonchev–Trinajstić information content (AvgIpc) is 3.45. The lowest BCUT2D eigenvalue weighted by Crippen LogP contribution is -2.52. The maximum absolute atomic E-state index is 13.1. The van der Waals surface area contributed by atoms with Crippen LogP contribution in [0, 0.1) is 0 Å². The van der Waals surface area contributed by atoms with Gasteiger partial charge in [0, 0.05) is 12.5 Å². The number of rotatable bonds is 8. The van der Waals surface area contributed by atoms with Crippen LogP contribution in [-0.2, 0) is 23.9 Å². The molecule has 0 bridgehead atoms. The number of nitrogens with zero attached hydrogens (tertiary/aromatic N) is 1. The van der Waals surface area contributed by atoms with E-state index < -0.39 is 42.4 Å². The van der Waals surface area contributed by atoms with Crippen LogP contribution >= 0.6 is 0 Å². The fourth-order valence-electron chi connectivity index (χ4n) is 4.87.